The first-order valence-corrected chi connectivity index (χ1v) is 14.0. The van der Waals surface area contributed by atoms with Crippen LogP contribution < -0.4 is 40.3 Å². The number of hydrogen-bond acceptors (Lipinski definition) is 9. The summed E-state index contributed by atoms with van der Waals surface area (Å²) >= 11 is 0. The lowest BCUT2D eigenvalue weighted by atomic mass is 9.95. The molecule has 3 aromatic rings. The van der Waals surface area contributed by atoms with E-state index in [0.717, 1.165) is 11.1 Å². The van der Waals surface area contributed by atoms with Crippen molar-refractivity contribution < 1.29 is 28.5 Å². The Hall–Kier alpha value is -4.80. The van der Waals surface area contributed by atoms with Crippen molar-refractivity contribution in [2.75, 3.05) is 39.1 Å². The van der Waals surface area contributed by atoms with Crippen molar-refractivity contribution in [1.29, 1.82) is 0 Å². The molecule has 11 heteroatoms. The van der Waals surface area contributed by atoms with Gasteiger partial charge in [-0.05, 0) is 59.7 Å². The normalized spacial score (nSPS) is 14.4. The van der Waals surface area contributed by atoms with Crippen molar-refractivity contribution in [2.24, 2.45) is 5.92 Å². The van der Waals surface area contributed by atoms with E-state index in [-0.39, 0.29) is 28.8 Å². The molecule has 0 radical (unpaired) electrons. The number of carbonyl (C=O) groups is 2. The number of fused-ring (bicyclic) bond motifs is 3. The molecule has 2 atom stereocenters. The van der Waals surface area contributed by atoms with E-state index in [0.29, 0.717) is 52.8 Å². The molecule has 1 aromatic heterocycles. The van der Waals surface area contributed by atoms with Crippen LogP contribution in [0.1, 0.15) is 44.4 Å². The van der Waals surface area contributed by atoms with Crippen LogP contribution in [0, 0.1) is 5.92 Å². The third-order valence-corrected chi connectivity index (χ3v) is 7.39. The van der Waals surface area contributed by atoms with Crippen LogP contribution in [0.5, 0.6) is 23.1 Å². The highest BCUT2D eigenvalue weighted by atomic mass is 16.5. The van der Waals surface area contributed by atoms with E-state index in [9.17, 15) is 14.4 Å². The molecule has 228 valence electrons. The molecule has 1 aliphatic rings. The molecule has 0 saturated carbocycles. The number of rotatable bonds is 10. The summed E-state index contributed by atoms with van der Waals surface area (Å²) < 4.78 is 22.2. The largest absolute Gasteiger partial charge is 0.493 e. The minimum Gasteiger partial charge on any atom is -0.493 e. The lowest BCUT2D eigenvalue weighted by Gasteiger charge is -2.22. The van der Waals surface area contributed by atoms with Crippen LogP contribution in [0.15, 0.2) is 47.4 Å². The zero-order valence-electron chi connectivity index (χ0n) is 25.5. The summed E-state index contributed by atoms with van der Waals surface area (Å²) in [6, 6.07) is 9.05. The summed E-state index contributed by atoms with van der Waals surface area (Å²) in [5.41, 5.74) is 3.40. The van der Waals surface area contributed by atoms with E-state index in [1.165, 1.54) is 33.4 Å². The number of benzene rings is 1. The molecule has 0 spiro atoms. The van der Waals surface area contributed by atoms with Gasteiger partial charge in [0.2, 0.25) is 28.9 Å². The van der Waals surface area contributed by atoms with Gasteiger partial charge in [-0.15, -0.1) is 0 Å². The lowest BCUT2D eigenvalue weighted by molar-refractivity contribution is -0.120. The Labute approximate surface area is 250 Å². The Bertz CT molecular complexity index is 1560. The highest BCUT2D eigenvalue weighted by Gasteiger charge is 2.30. The lowest BCUT2D eigenvalue weighted by Crippen LogP contribution is -2.39. The van der Waals surface area contributed by atoms with Crippen LogP contribution in [0.2, 0.25) is 0 Å². The Morgan fingerprint density at radius 3 is 2.28 bits per heavy atom. The Kier molecular flexibility index (Phi) is 9.74. The van der Waals surface area contributed by atoms with Crippen molar-refractivity contribution in [3.05, 3.63) is 63.9 Å². The molecule has 0 bridgehead atoms. The summed E-state index contributed by atoms with van der Waals surface area (Å²) in [5.74, 6) is 1.12. The molecule has 4 rings (SSSR count). The SMILES string of the molecule is COc1ccc(NC(=O)[C@@H](Nc2ccc3c(cc2=O)[C@@H](NC(C)=O)CCc2cc(OC)c(OC)c(OC)c2-3)C(C)C)cn1. The Morgan fingerprint density at radius 1 is 0.953 bits per heavy atom. The maximum absolute atomic E-state index is 13.7. The number of carbonyl (C=O) groups excluding carboxylic acids is 2. The highest BCUT2D eigenvalue weighted by Crippen LogP contribution is 2.50. The second-order valence-electron chi connectivity index (χ2n) is 10.5. The van der Waals surface area contributed by atoms with Gasteiger partial charge >= 0.3 is 0 Å². The monoisotopic (exact) mass is 590 g/mol. The van der Waals surface area contributed by atoms with E-state index < -0.39 is 12.1 Å². The Morgan fingerprint density at radius 2 is 1.70 bits per heavy atom. The number of amides is 2. The molecular weight excluding hydrogens is 552 g/mol. The Balaban J connectivity index is 1.82. The van der Waals surface area contributed by atoms with Gasteiger partial charge < -0.3 is 34.9 Å². The van der Waals surface area contributed by atoms with Crippen LogP contribution in [-0.4, -0.2) is 51.3 Å². The van der Waals surface area contributed by atoms with Crippen molar-refractivity contribution >= 4 is 23.2 Å². The maximum atomic E-state index is 13.7. The molecule has 2 amide bonds. The van der Waals surface area contributed by atoms with Crippen LogP contribution in [0.4, 0.5) is 11.4 Å². The first kappa shape index (κ1) is 31.1. The number of nitrogens with one attached hydrogen (secondary N) is 3. The molecule has 0 aliphatic heterocycles. The minimum atomic E-state index is -0.741. The minimum absolute atomic E-state index is 0.168. The average molecular weight is 591 g/mol. The number of methoxy groups -OCH3 is 4. The maximum Gasteiger partial charge on any atom is 0.247 e. The summed E-state index contributed by atoms with van der Waals surface area (Å²) in [5, 5.41) is 9.02. The predicted molar refractivity (Wildman–Crippen MR) is 164 cm³/mol. The second-order valence-corrected chi connectivity index (χ2v) is 10.5. The van der Waals surface area contributed by atoms with Gasteiger partial charge in [-0.25, -0.2) is 4.98 Å². The molecule has 0 fully saturated rings. The first-order valence-electron chi connectivity index (χ1n) is 14.0. The highest BCUT2D eigenvalue weighted by molar-refractivity contribution is 5.96. The average Bonchev–Trinajstić information content (AvgIpc) is 3.23. The quantitative estimate of drug-likeness (QED) is 0.315. The topological polar surface area (TPSA) is 137 Å². The molecule has 1 heterocycles. The molecule has 1 aliphatic carbocycles. The van der Waals surface area contributed by atoms with E-state index in [4.69, 9.17) is 18.9 Å². The van der Waals surface area contributed by atoms with Gasteiger partial charge in [0.25, 0.3) is 0 Å². The summed E-state index contributed by atoms with van der Waals surface area (Å²) in [4.78, 5) is 43.4. The van der Waals surface area contributed by atoms with Gasteiger partial charge in [0.05, 0.1) is 52.1 Å². The van der Waals surface area contributed by atoms with Crippen LogP contribution >= 0.6 is 0 Å². The number of pyridine rings is 1. The standard InChI is InChI=1S/C32H38N4O7/c1-17(2)29(32(39)35-20-9-13-27(41-5)33-16-20)36-24-12-10-21-22(15-25(24)38)23(34-18(3)37)11-8-19-14-26(40-4)30(42-6)31(43-7)28(19)21/h9-10,12-17,23,29H,8,11H2,1-7H3,(H,34,37)(H,35,39)(H,36,38)/t23-,29-/m0/s1. The first-order chi connectivity index (χ1) is 20.6. The fourth-order valence-electron chi connectivity index (χ4n) is 5.32. The van der Waals surface area contributed by atoms with Crippen LogP contribution in [-0.2, 0) is 16.0 Å². The number of aromatic nitrogens is 1. The van der Waals surface area contributed by atoms with Crippen LogP contribution in [0.25, 0.3) is 11.1 Å². The van der Waals surface area contributed by atoms with Gasteiger partial charge in [0.15, 0.2) is 11.5 Å². The molecule has 43 heavy (non-hydrogen) atoms. The number of hydrogen-bond donors (Lipinski definition) is 3. The van der Waals surface area contributed by atoms with E-state index in [1.807, 2.05) is 26.0 Å². The zero-order chi connectivity index (χ0) is 31.3. The van der Waals surface area contributed by atoms with Crippen molar-refractivity contribution in [1.82, 2.24) is 10.3 Å². The third kappa shape index (κ3) is 6.66. The number of ether oxygens (including phenoxy) is 4. The van der Waals surface area contributed by atoms with Gasteiger partial charge in [-0.2, -0.15) is 0 Å². The summed E-state index contributed by atoms with van der Waals surface area (Å²) in [7, 11) is 6.15. The predicted octanol–water partition coefficient (Wildman–Crippen LogP) is 4.34. The zero-order valence-corrected chi connectivity index (χ0v) is 25.5. The van der Waals surface area contributed by atoms with E-state index >= 15 is 0 Å². The molecule has 3 N–H and O–H groups in total. The van der Waals surface area contributed by atoms with E-state index in [1.54, 1.807) is 32.4 Å². The van der Waals surface area contributed by atoms with Crippen LogP contribution in [0.3, 0.4) is 0 Å². The molecule has 11 nitrogen and oxygen atoms in total. The fraction of sp³-hybridized carbons (Fsp3) is 0.375. The molecule has 2 aromatic carbocycles. The second kappa shape index (κ2) is 13.5. The van der Waals surface area contributed by atoms with E-state index in [2.05, 4.69) is 20.9 Å². The van der Waals surface area contributed by atoms with Gasteiger partial charge in [-0.1, -0.05) is 19.9 Å². The number of aryl methyl sites for hydroxylation is 1. The van der Waals surface area contributed by atoms with Crippen molar-refractivity contribution in [2.45, 2.75) is 45.7 Å². The smallest absolute Gasteiger partial charge is 0.247 e. The number of nitrogens with zero attached hydrogens (tertiary/aromatic N) is 1. The van der Waals surface area contributed by atoms with Gasteiger partial charge in [0, 0.05) is 18.6 Å². The van der Waals surface area contributed by atoms with Gasteiger partial charge in [0.1, 0.15) is 6.04 Å². The molecule has 0 unspecified atom stereocenters. The fourth-order valence-corrected chi connectivity index (χ4v) is 5.32. The summed E-state index contributed by atoms with van der Waals surface area (Å²) in [6.45, 7) is 5.22. The van der Waals surface area contributed by atoms with Crippen molar-refractivity contribution in [3.63, 3.8) is 0 Å². The molecule has 0 saturated heterocycles. The molecular formula is C32H38N4O7. The summed E-state index contributed by atoms with van der Waals surface area (Å²) in [6.07, 6.45) is 2.63. The van der Waals surface area contributed by atoms with Crippen molar-refractivity contribution in [3.8, 4) is 34.3 Å². The number of anilines is 2. The van der Waals surface area contributed by atoms with Gasteiger partial charge in [-0.3, -0.25) is 14.4 Å². The third-order valence-electron chi connectivity index (χ3n) is 7.39.